The summed E-state index contributed by atoms with van der Waals surface area (Å²) in [5.41, 5.74) is -1.62. The molecule has 11 atom stereocenters. The number of methoxy groups -OCH3 is 1. The Morgan fingerprint density at radius 2 is 1.76 bits per heavy atom. The second-order valence-corrected chi connectivity index (χ2v) is 15.4. The number of ether oxygens (including phenoxy) is 4. The molecule has 2 fully saturated rings. The molecule has 4 heterocycles. The smallest absolute Gasteiger partial charge is 0.434 e. The van der Waals surface area contributed by atoms with Crippen LogP contribution in [0.15, 0.2) is 48.1 Å². The van der Waals surface area contributed by atoms with Crippen LogP contribution in [0.25, 0.3) is 0 Å². The van der Waals surface area contributed by atoms with E-state index in [0.29, 0.717) is 23.5 Å². The lowest BCUT2D eigenvalue weighted by atomic mass is 9.88. The Bertz CT molecular complexity index is 1490. The summed E-state index contributed by atoms with van der Waals surface area (Å²) in [6, 6.07) is 0. The highest BCUT2D eigenvalue weighted by Crippen LogP contribution is 2.38. The minimum Gasteiger partial charge on any atom is -0.457 e. The molecule has 4 rings (SSSR count). The van der Waals surface area contributed by atoms with Crippen LogP contribution in [-0.2, 0) is 33.4 Å². The van der Waals surface area contributed by atoms with Gasteiger partial charge in [0.25, 0.3) is 5.91 Å². The van der Waals surface area contributed by atoms with E-state index in [1.54, 1.807) is 51.2 Å². The van der Waals surface area contributed by atoms with Crippen molar-refractivity contribution in [2.24, 2.45) is 11.8 Å². The molecule has 0 spiro atoms. The van der Waals surface area contributed by atoms with E-state index in [0.717, 1.165) is 6.08 Å². The molecule has 0 radical (unpaired) electrons. The maximum Gasteiger partial charge on any atom is 0.434 e. The van der Waals surface area contributed by atoms with Crippen molar-refractivity contribution in [2.75, 3.05) is 33.3 Å². The molecule has 4 N–H and O–H groups in total. The van der Waals surface area contributed by atoms with Crippen LogP contribution in [0.5, 0.6) is 0 Å². The fourth-order valence-electron chi connectivity index (χ4n) is 6.95. The second kappa shape index (κ2) is 18.9. The number of aliphatic hydroxyl groups is 4. The predicted octanol–water partition coefficient (Wildman–Crippen LogP) is 2.75. The fraction of sp³-hybridized carbons (Fsp3) is 0.692. The van der Waals surface area contributed by atoms with Crippen molar-refractivity contribution in [2.45, 2.75) is 128 Å². The SMILES string of the molecule is CC[C@H](O)[C@@H](C)[C@H]1O[C@@H]1CC(C)(O)/C=C/C=C(\C)[C@H]1OC(=O)C[C@H](O)CC[C@@](C)(OC)[C@@H](OC(=O)N2CCN(C(=O)ON3C(=O)C=CC3O)CC2)/C=C/[C@@H]1C. The van der Waals surface area contributed by atoms with Crippen LogP contribution in [0.1, 0.15) is 73.6 Å². The van der Waals surface area contributed by atoms with E-state index in [9.17, 15) is 39.6 Å². The van der Waals surface area contributed by atoms with Crippen LogP contribution in [0.2, 0.25) is 0 Å². The largest absolute Gasteiger partial charge is 0.457 e. The van der Waals surface area contributed by atoms with Crippen LogP contribution in [0, 0.1) is 11.8 Å². The lowest BCUT2D eigenvalue weighted by Crippen LogP contribution is -2.53. The van der Waals surface area contributed by atoms with Gasteiger partial charge in [-0.2, -0.15) is 0 Å². The van der Waals surface area contributed by atoms with Crippen molar-refractivity contribution in [3.63, 3.8) is 0 Å². The number of carbonyl (C=O) groups excluding carboxylic acids is 4. The quantitative estimate of drug-likeness (QED) is 0.103. The molecule has 0 aromatic rings. The van der Waals surface area contributed by atoms with Crippen molar-refractivity contribution >= 4 is 24.1 Å². The topological polar surface area (TPSA) is 208 Å². The highest BCUT2D eigenvalue weighted by molar-refractivity contribution is 5.90. The lowest BCUT2D eigenvalue weighted by Gasteiger charge is -2.38. The molecule has 2 unspecified atom stereocenters. The average Bonchev–Trinajstić information content (AvgIpc) is 3.84. The summed E-state index contributed by atoms with van der Waals surface area (Å²) in [4.78, 5) is 58.8. The molecule has 55 heavy (non-hydrogen) atoms. The Morgan fingerprint density at radius 1 is 1.11 bits per heavy atom. The molecular formula is C39H59N3O13. The summed E-state index contributed by atoms with van der Waals surface area (Å²) in [7, 11) is 1.48. The van der Waals surface area contributed by atoms with Gasteiger partial charge in [0.15, 0.2) is 12.3 Å². The first-order chi connectivity index (χ1) is 25.9. The number of esters is 1. The third-order valence-electron chi connectivity index (χ3n) is 10.9. The van der Waals surface area contributed by atoms with Gasteiger partial charge in [0.2, 0.25) is 0 Å². The number of cyclic esters (lactones) is 1. The molecule has 0 aromatic heterocycles. The first-order valence-electron chi connectivity index (χ1n) is 19.0. The minimum absolute atomic E-state index is 0.0383. The van der Waals surface area contributed by atoms with Crippen molar-refractivity contribution in [3.05, 3.63) is 48.1 Å². The molecule has 0 saturated carbocycles. The maximum absolute atomic E-state index is 13.5. The summed E-state index contributed by atoms with van der Waals surface area (Å²) in [6.45, 7) is 11.3. The number of piperazine rings is 1. The zero-order valence-corrected chi connectivity index (χ0v) is 32.9. The van der Waals surface area contributed by atoms with E-state index in [1.165, 1.54) is 23.0 Å². The number of hydroxylamine groups is 2. The van der Waals surface area contributed by atoms with Crippen LogP contribution >= 0.6 is 0 Å². The van der Waals surface area contributed by atoms with E-state index >= 15 is 0 Å². The maximum atomic E-state index is 13.5. The van der Waals surface area contributed by atoms with E-state index in [-0.39, 0.29) is 63.6 Å². The van der Waals surface area contributed by atoms with Gasteiger partial charge in [-0.05, 0) is 57.8 Å². The molecule has 2 saturated heterocycles. The number of hydrogen-bond donors (Lipinski definition) is 4. The fourth-order valence-corrected chi connectivity index (χ4v) is 6.95. The molecule has 308 valence electrons. The molecular weight excluding hydrogens is 718 g/mol. The van der Waals surface area contributed by atoms with E-state index in [1.807, 2.05) is 20.8 Å². The summed E-state index contributed by atoms with van der Waals surface area (Å²) < 4.78 is 23.6. The van der Waals surface area contributed by atoms with Crippen LogP contribution in [0.3, 0.4) is 0 Å². The molecule has 4 aliphatic rings. The molecule has 3 amide bonds. The monoisotopic (exact) mass is 777 g/mol. The van der Waals surface area contributed by atoms with Gasteiger partial charge < -0.3 is 54.0 Å². The van der Waals surface area contributed by atoms with Gasteiger partial charge in [-0.3, -0.25) is 9.59 Å². The third kappa shape index (κ3) is 11.9. The summed E-state index contributed by atoms with van der Waals surface area (Å²) in [6.07, 6.45) is 5.62. The first-order valence-corrected chi connectivity index (χ1v) is 19.0. The predicted molar refractivity (Wildman–Crippen MR) is 198 cm³/mol. The number of amides is 3. The van der Waals surface area contributed by atoms with Crippen molar-refractivity contribution in [1.29, 1.82) is 0 Å². The standard InChI is InChI=1S/C39H59N3O13/c1-8-28(44)26(4)35-29(52-35)23-38(5,50)16-9-10-24(2)34-25(3)11-12-30(39(6,51-7)17-15-27(43)22-33(47)54-34)53-36(48)40-18-20-41(21-19-40)37(49)55-42-31(45)13-14-32(42)46/h9-14,16,25-31,34-35,43-45,50H,8,15,17-23H2,1-7H3/b12-11+,16-9+,24-10+/t25-,26+,27+,28-,29+,30-,31?,34+,35+,38?,39+/m0/s1. The van der Waals surface area contributed by atoms with Gasteiger partial charge in [0, 0.05) is 57.6 Å². The Balaban J connectivity index is 1.43. The van der Waals surface area contributed by atoms with E-state index < -0.39 is 71.8 Å². The second-order valence-electron chi connectivity index (χ2n) is 15.4. The number of allylic oxidation sites excluding steroid dienone is 2. The molecule has 4 aliphatic heterocycles. The van der Waals surface area contributed by atoms with Crippen molar-refractivity contribution < 1.29 is 63.4 Å². The molecule has 16 heteroatoms. The van der Waals surface area contributed by atoms with Gasteiger partial charge >= 0.3 is 18.2 Å². The van der Waals surface area contributed by atoms with Gasteiger partial charge in [-0.15, -0.1) is 5.06 Å². The third-order valence-corrected chi connectivity index (χ3v) is 10.9. The van der Waals surface area contributed by atoms with Crippen molar-refractivity contribution in [1.82, 2.24) is 14.9 Å². The van der Waals surface area contributed by atoms with Gasteiger partial charge in [-0.25, -0.2) is 9.59 Å². The minimum atomic E-state index is -1.37. The number of hydrogen-bond acceptors (Lipinski definition) is 13. The molecule has 0 aliphatic carbocycles. The van der Waals surface area contributed by atoms with Gasteiger partial charge in [-0.1, -0.05) is 45.1 Å². The molecule has 0 bridgehead atoms. The average molecular weight is 778 g/mol. The molecule has 16 nitrogen and oxygen atoms in total. The van der Waals surface area contributed by atoms with E-state index in [4.69, 9.17) is 23.8 Å². The summed E-state index contributed by atoms with van der Waals surface area (Å²) in [5.74, 6) is -1.70. The number of epoxide rings is 1. The van der Waals surface area contributed by atoms with Crippen LogP contribution in [-0.4, -0.2) is 147 Å². The van der Waals surface area contributed by atoms with Crippen LogP contribution < -0.4 is 0 Å². The van der Waals surface area contributed by atoms with E-state index in [2.05, 4.69) is 0 Å². The van der Waals surface area contributed by atoms with Gasteiger partial charge in [0.1, 0.15) is 11.7 Å². The lowest BCUT2D eigenvalue weighted by molar-refractivity contribution is -0.189. The summed E-state index contributed by atoms with van der Waals surface area (Å²) in [5, 5.41) is 42.4. The number of nitrogens with zero attached hydrogens (tertiary/aromatic N) is 3. The highest BCUT2D eigenvalue weighted by atomic mass is 16.7. The number of carbonyl (C=O) groups is 4. The Morgan fingerprint density at radius 3 is 2.36 bits per heavy atom. The zero-order valence-electron chi connectivity index (χ0n) is 32.9. The van der Waals surface area contributed by atoms with Crippen molar-refractivity contribution in [3.8, 4) is 0 Å². The first kappa shape index (κ1) is 43.9. The molecule has 0 aromatic carbocycles. The Hall–Kier alpha value is -3.80. The Kier molecular flexibility index (Phi) is 15.1. The highest BCUT2D eigenvalue weighted by Gasteiger charge is 2.47. The number of rotatable bonds is 11. The zero-order chi connectivity index (χ0) is 40.7. The van der Waals surface area contributed by atoms with Gasteiger partial charge in [0.05, 0.1) is 36.4 Å². The Labute approximate surface area is 322 Å². The van der Waals surface area contributed by atoms with Crippen LogP contribution in [0.4, 0.5) is 9.59 Å². The number of aliphatic hydroxyl groups excluding tert-OH is 3. The normalized spacial score (nSPS) is 33.6. The summed E-state index contributed by atoms with van der Waals surface area (Å²) >= 11 is 0.